The van der Waals surface area contributed by atoms with Gasteiger partial charge in [0.25, 0.3) is 0 Å². The molecule has 4 nitrogen and oxygen atoms in total. The van der Waals surface area contributed by atoms with Gasteiger partial charge in [-0.05, 0) is 18.2 Å². The van der Waals surface area contributed by atoms with Crippen LogP contribution in [-0.4, -0.2) is 14.8 Å². The Balaban J connectivity index is 1.94. The molecule has 0 fully saturated rings. The topological polar surface area (TPSA) is 56.7 Å². The van der Waals surface area contributed by atoms with Gasteiger partial charge >= 0.3 is 0 Å². The van der Waals surface area contributed by atoms with Crippen LogP contribution in [0.5, 0.6) is 0 Å². The maximum absolute atomic E-state index is 6.22. The molecule has 3 rings (SSSR count). The van der Waals surface area contributed by atoms with E-state index in [1.54, 1.807) is 6.20 Å². The van der Waals surface area contributed by atoms with Gasteiger partial charge in [0, 0.05) is 25.1 Å². The maximum atomic E-state index is 6.22. The highest BCUT2D eigenvalue weighted by molar-refractivity contribution is 5.81. The number of nitrogens with zero attached hydrogens (tertiary/aromatic N) is 3. The zero-order valence-corrected chi connectivity index (χ0v) is 10.8. The van der Waals surface area contributed by atoms with Crippen molar-refractivity contribution in [2.24, 2.45) is 12.8 Å². The zero-order chi connectivity index (χ0) is 13.2. The van der Waals surface area contributed by atoms with Crippen molar-refractivity contribution < 1.29 is 0 Å². The molecule has 0 amide bonds. The second-order valence-electron chi connectivity index (χ2n) is 4.65. The summed E-state index contributed by atoms with van der Waals surface area (Å²) in [5, 5.41) is 5.73. The minimum absolute atomic E-state index is 0.125. The molecule has 0 spiro atoms. The first-order valence-corrected chi connectivity index (χ1v) is 6.33. The molecule has 1 aromatic carbocycles. The number of pyridine rings is 1. The molecular weight excluding hydrogens is 236 g/mol. The molecule has 2 heterocycles. The van der Waals surface area contributed by atoms with E-state index in [4.69, 9.17) is 5.73 Å². The van der Waals surface area contributed by atoms with Gasteiger partial charge in [-0.3, -0.25) is 9.67 Å². The van der Waals surface area contributed by atoms with Gasteiger partial charge in [0.05, 0.1) is 22.9 Å². The predicted octanol–water partition coefficient (Wildman–Crippen LogP) is 2.21. The summed E-state index contributed by atoms with van der Waals surface area (Å²) in [5.74, 6) is 0. The quantitative estimate of drug-likeness (QED) is 0.777. The third-order valence-corrected chi connectivity index (χ3v) is 3.32. The lowest BCUT2D eigenvalue weighted by molar-refractivity contribution is 0.665. The molecule has 1 atom stereocenters. The average molecular weight is 252 g/mol. The smallest absolute Gasteiger partial charge is 0.0722 e. The first-order valence-electron chi connectivity index (χ1n) is 6.33. The Morgan fingerprint density at radius 3 is 2.74 bits per heavy atom. The molecule has 0 saturated carbocycles. The molecule has 0 aliphatic rings. The number of hydrogen-bond donors (Lipinski definition) is 1. The molecule has 19 heavy (non-hydrogen) atoms. The van der Waals surface area contributed by atoms with E-state index in [0.29, 0.717) is 6.42 Å². The van der Waals surface area contributed by atoms with Crippen LogP contribution in [0.15, 0.2) is 48.7 Å². The molecule has 0 aliphatic heterocycles. The second kappa shape index (κ2) is 4.82. The summed E-state index contributed by atoms with van der Waals surface area (Å²) in [6, 6.07) is 13.9. The fourth-order valence-corrected chi connectivity index (χ4v) is 2.35. The number of aryl methyl sites for hydroxylation is 1. The molecule has 2 aromatic heterocycles. The van der Waals surface area contributed by atoms with Gasteiger partial charge in [0.2, 0.25) is 0 Å². The summed E-state index contributed by atoms with van der Waals surface area (Å²) in [7, 11) is 1.96. The molecule has 0 radical (unpaired) electrons. The van der Waals surface area contributed by atoms with Crippen molar-refractivity contribution in [3.8, 4) is 0 Å². The van der Waals surface area contributed by atoms with Crippen molar-refractivity contribution in [1.82, 2.24) is 14.8 Å². The lowest BCUT2D eigenvalue weighted by Gasteiger charge is -2.09. The Kier molecular flexibility index (Phi) is 3.01. The van der Waals surface area contributed by atoms with Gasteiger partial charge in [0.15, 0.2) is 0 Å². The molecule has 96 valence electrons. The summed E-state index contributed by atoms with van der Waals surface area (Å²) in [4.78, 5) is 4.30. The highest BCUT2D eigenvalue weighted by atomic mass is 15.3. The van der Waals surface area contributed by atoms with Crippen LogP contribution in [0.3, 0.4) is 0 Å². The van der Waals surface area contributed by atoms with Crippen molar-refractivity contribution >= 4 is 10.9 Å². The van der Waals surface area contributed by atoms with E-state index in [0.717, 1.165) is 22.3 Å². The Hall–Kier alpha value is -2.20. The van der Waals surface area contributed by atoms with Crippen LogP contribution in [0.4, 0.5) is 0 Å². The van der Waals surface area contributed by atoms with Crippen molar-refractivity contribution in [1.29, 1.82) is 0 Å². The maximum Gasteiger partial charge on any atom is 0.0722 e. The summed E-state index contributed by atoms with van der Waals surface area (Å²) in [6.45, 7) is 0. The number of benzene rings is 1. The highest BCUT2D eigenvalue weighted by Crippen LogP contribution is 2.21. The third-order valence-electron chi connectivity index (χ3n) is 3.32. The van der Waals surface area contributed by atoms with Crippen molar-refractivity contribution in [3.05, 3.63) is 60.0 Å². The highest BCUT2D eigenvalue weighted by Gasteiger charge is 2.13. The summed E-state index contributed by atoms with van der Waals surface area (Å²) >= 11 is 0. The zero-order valence-electron chi connectivity index (χ0n) is 10.8. The van der Waals surface area contributed by atoms with Crippen LogP contribution in [0.2, 0.25) is 0 Å². The van der Waals surface area contributed by atoms with Crippen molar-refractivity contribution in [2.75, 3.05) is 0 Å². The fraction of sp³-hybridized carbons (Fsp3) is 0.200. The Morgan fingerprint density at radius 1 is 1.16 bits per heavy atom. The Morgan fingerprint density at radius 2 is 1.95 bits per heavy atom. The Bertz CT molecular complexity index is 688. The van der Waals surface area contributed by atoms with E-state index >= 15 is 0 Å². The largest absolute Gasteiger partial charge is 0.322 e. The van der Waals surface area contributed by atoms with Crippen molar-refractivity contribution in [3.63, 3.8) is 0 Å². The lowest BCUT2D eigenvalue weighted by atomic mass is 10.1. The molecule has 1 unspecified atom stereocenters. The first-order chi connectivity index (χ1) is 9.25. The van der Waals surface area contributed by atoms with Gasteiger partial charge in [0.1, 0.15) is 0 Å². The van der Waals surface area contributed by atoms with Crippen molar-refractivity contribution in [2.45, 2.75) is 12.5 Å². The van der Waals surface area contributed by atoms with Crippen LogP contribution in [0, 0.1) is 0 Å². The third kappa shape index (κ3) is 2.22. The Labute approximate surface area is 111 Å². The van der Waals surface area contributed by atoms with Gasteiger partial charge < -0.3 is 5.73 Å². The average Bonchev–Trinajstić information content (AvgIpc) is 2.77. The van der Waals surface area contributed by atoms with E-state index in [-0.39, 0.29) is 6.04 Å². The number of hydrogen-bond acceptors (Lipinski definition) is 3. The monoisotopic (exact) mass is 252 g/mol. The molecule has 4 heteroatoms. The van der Waals surface area contributed by atoms with Crippen LogP contribution in [-0.2, 0) is 13.5 Å². The molecule has 0 aliphatic carbocycles. The van der Waals surface area contributed by atoms with E-state index < -0.39 is 0 Å². The first kappa shape index (κ1) is 11.9. The van der Waals surface area contributed by atoms with Gasteiger partial charge in [-0.25, -0.2) is 0 Å². The fourth-order valence-electron chi connectivity index (χ4n) is 2.35. The van der Waals surface area contributed by atoms with E-state index in [9.17, 15) is 0 Å². The number of para-hydroxylation sites is 1. The van der Waals surface area contributed by atoms with E-state index in [1.165, 1.54) is 0 Å². The van der Waals surface area contributed by atoms with E-state index in [1.807, 2.05) is 42.1 Å². The molecule has 2 N–H and O–H groups in total. The summed E-state index contributed by atoms with van der Waals surface area (Å²) in [5.41, 5.74) is 9.27. The predicted molar refractivity (Wildman–Crippen MR) is 75.6 cm³/mol. The molecule has 3 aromatic rings. The second-order valence-corrected chi connectivity index (χ2v) is 4.65. The number of aromatic nitrogens is 3. The SMILES string of the molecule is Cn1nc(CC(N)c2ccccn2)c2ccccc21. The normalized spacial score (nSPS) is 12.7. The van der Waals surface area contributed by atoms with Crippen LogP contribution in [0.25, 0.3) is 10.9 Å². The lowest BCUT2D eigenvalue weighted by Crippen LogP contribution is -2.15. The summed E-state index contributed by atoms with van der Waals surface area (Å²) in [6.07, 6.45) is 2.46. The van der Waals surface area contributed by atoms with E-state index in [2.05, 4.69) is 22.2 Å². The van der Waals surface area contributed by atoms with Crippen LogP contribution >= 0.6 is 0 Å². The van der Waals surface area contributed by atoms with Gasteiger partial charge in [-0.15, -0.1) is 0 Å². The molecular formula is C15H16N4. The van der Waals surface area contributed by atoms with Crippen LogP contribution in [0.1, 0.15) is 17.4 Å². The minimum Gasteiger partial charge on any atom is -0.322 e. The van der Waals surface area contributed by atoms with Gasteiger partial charge in [-0.1, -0.05) is 24.3 Å². The molecule has 0 bridgehead atoms. The van der Waals surface area contributed by atoms with Gasteiger partial charge in [-0.2, -0.15) is 5.10 Å². The minimum atomic E-state index is -0.125. The number of fused-ring (bicyclic) bond motifs is 1. The number of nitrogens with two attached hydrogens (primary N) is 1. The summed E-state index contributed by atoms with van der Waals surface area (Å²) < 4.78 is 1.90. The standard InChI is InChI=1S/C15H16N4/c1-19-15-8-3-2-6-11(15)14(18-19)10-12(16)13-7-4-5-9-17-13/h2-9,12H,10,16H2,1H3. The number of rotatable bonds is 3. The van der Waals surface area contributed by atoms with Crippen LogP contribution < -0.4 is 5.73 Å². The molecule has 0 saturated heterocycles.